The van der Waals surface area contributed by atoms with Crippen LogP contribution in [0.5, 0.6) is 0 Å². The Bertz CT molecular complexity index is 1610. The Morgan fingerprint density at radius 1 is 0.755 bits per heavy atom. The minimum absolute atomic E-state index is 0.199. The van der Waals surface area contributed by atoms with Crippen LogP contribution in [-0.2, 0) is 40.8 Å². The summed E-state index contributed by atoms with van der Waals surface area (Å²) in [6.45, 7) is 0.606. The highest BCUT2D eigenvalue weighted by Crippen LogP contribution is 2.26. The van der Waals surface area contributed by atoms with Gasteiger partial charge in [0, 0.05) is 44.5 Å². The van der Waals surface area contributed by atoms with Gasteiger partial charge in [0.2, 0.25) is 11.3 Å². The van der Waals surface area contributed by atoms with Crippen LogP contribution in [0.15, 0.2) is 55.0 Å². The molecular formula is C37H51ClN5O6+. The Morgan fingerprint density at radius 2 is 1.29 bits per heavy atom. The minimum Gasteiger partial charge on any atom is -0.481 e. The lowest BCUT2D eigenvalue weighted by molar-refractivity contribution is -0.609. The van der Waals surface area contributed by atoms with Crippen molar-refractivity contribution in [1.82, 2.24) is 19.4 Å². The van der Waals surface area contributed by atoms with Gasteiger partial charge in [0.1, 0.15) is 5.69 Å². The number of carboxylic acids is 3. The van der Waals surface area contributed by atoms with E-state index in [4.69, 9.17) is 31.9 Å². The fraction of sp³-hybridized carbons (Fsp3) is 0.514. The second kappa shape index (κ2) is 21.7. The van der Waals surface area contributed by atoms with Crippen LogP contribution in [0.25, 0.3) is 16.8 Å². The van der Waals surface area contributed by atoms with Crippen LogP contribution in [0, 0.1) is 0 Å². The van der Waals surface area contributed by atoms with Gasteiger partial charge in [0.15, 0.2) is 0 Å². The van der Waals surface area contributed by atoms with Crippen LogP contribution in [0.3, 0.4) is 0 Å². The summed E-state index contributed by atoms with van der Waals surface area (Å²) in [5, 5.41) is 31.4. The Kier molecular flexibility index (Phi) is 17.3. The zero-order valence-electron chi connectivity index (χ0n) is 28.6. The van der Waals surface area contributed by atoms with Crippen molar-refractivity contribution in [3.63, 3.8) is 0 Å². The highest BCUT2D eigenvalue weighted by atomic mass is 35.5. The van der Waals surface area contributed by atoms with E-state index in [2.05, 4.69) is 50.8 Å². The molecule has 0 amide bonds. The lowest BCUT2D eigenvalue weighted by Gasteiger charge is -2.03. The number of hydrogen-bond donors (Lipinski definition) is 3. The number of hydrogen-bond acceptors (Lipinski definition) is 5. The van der Waals surface area contributed by atoms with E-state index in [1.165, 1.54) is 0 Å². The van der Waals surface area contributed by atoms with Crippen molar-refractivity contribution in [3.8, 4) is 11.3 Å². The van der Waals surface area contributed by atoms with Crippen LogP contribution in [-0.4, -0.2) is 52.7 Å². The van der Waals surface area contributed by atoms with E-state index in [1.54, 1.807) is 10.9 Å². The first-order chi connectivity index (χ1) is 23.7. The molecule has 0 aliphatic rings. The van der Waals surface area contributed by atoms with Gasteiger partial charge in [-0.15, -0.1) is 4.68 Å². The molecule has 0 aliphatic heterocycles. The van der Waals surface area contributed by atoms with E-state index in [0.717, 1.165) is 80.1 Å². The van der Waals surface area contributed by atoms with Gasteiger partial charge < -0.3 is 15.3 Å². The third-order valence-electron chi connectivity index (χ3n) is 8.29. The van der Waals surface area contributed by atoms with Gasteiger partial charge in [-0.1, -0.05) is 71.8 Å². The van der Waals surface area contributed by atoms with E-state index < -0.39 is 17.9 Å². The molecule has 0 bridgehead atoms. The van der Waals surface area contributed by atoms with Gasteiger partial charge in [-0.05, 0) is 64.2 Å². The number of nitrogens with zero attached hydrogens (tertiary/aromatic N) is 5. The first-order valence-corrected chi connectivity index (χ1v) is 17.8. The molecule has 49 heavy (non-hydrogen) atoms. The Labute approximate surface area is 293 Å². The van der Waals surface area contributed by atoms with Gasteiger partial charge in [-0.25, -0.2) is 4.98 Å². The van der Waals surface area contributed by atoms with E-state index >= 15 is 0 Å². The molecule has 0 spiro atoms. The third kappa shape index (κ3) is 14.0. The minimum atomic E-state index is -0.757. The van der Waals surface area contributed by atoms with Crippen molar-refractivity contribution in [2.24, 2.45) is 7.05 Å². The van der Waals surface area contributed by atoms with Gasteiger partial charge in [0.05, 0.1) is 24.0 Å². The number of halogens is 1. The zero-order valence-corrected chi connectivity index (χ0v) is 29.4. The topological polar surface area (TPSA) is 152 Å². The summed E-state index contributed by atoms with van der Waals surface area (Å²) in [6.07, 6.45) is 30.6. The van der Waals surface area contributed by atoms with Crippen LogP contribution < -0.4 is 4.52 Å². The van der Waals surface area contributed by atoms with E-state index in [1.807, 2.05) is 19.4 Å². The molecule has 12 heteroatoms. The summed E-state index contributed by atoms with van der Waals surface area (Å²) in [5.41, 5.74) is 4.62. The highest BCUT2D eigenvalue weighted by Gasteiger charge is 2.28. The predicted molar refractivity (Wildman–Crippen MR) is 190 cm³/mol. The summed E-state index contributed by atoms with van der Waals surface area (Å²) in [6, 6.07) is 0. The van der Waals surface area contributed by atoms with Crippen molar-refractivity contribution >= 4 is 35.0 Å². The molecule has 0 fully saturated rings. The number of aliphatic carboxylic acids is 3. The van der Waals surface area contributed by atoms with Crippen molar-refractivity contribution < 1.29 is 34.2 Å². The quantitative estimate of drug-likeness (QED) is 0.0467. The normalized spacial score (nSPS) is 12.0. The number of rotatable bonds is 25. The number of carbonyl (C=O) groups is 3. The number of fused-ring (bicyclic) bond motifs is 1. The van der Waals surface area contributed by atoms with E-state index in [-0.39, 0.29) is 19.3 Å². The van der Waals surface area contributed by atoms with Gasteiger partial charge in [-0.3, -0.25) is 19.1 Å². The maximum atomic E-state index is 10.8. The molecule has 0 radical (unpaired) electrons. The number of unbranched alkanes of at least 4 members (excludes halogenated alkanes) is 9. The monoisotopic (exact) mass is 696 g/mol. The molecule has 0 aromatic carbocycles. The molecule has 0 saturated carbocycles. The van der Waals surface area contributed by atoms with Crippen LogP contribution >= 0.6 is 11.6 Å². The first-order valence-electron chi connectivity index (χ1n) is 17.4. The molecule has 3 aromatic rings. The third-order valence-corrected chi connectivity index (χ3v) is 8.55. The van der Waals surface area contributed by atoms with E-state index in [9.17, 15) is 14.4 Å². The summed E-state index contributed by atoms with van der Waals surface area (Å²) >= 11 is 6.98. The second-order valence-electron chi connectivity index (χ2n) is 12.3. The molecule has 266 valence electrons. The van der Waals surface area contributed by atoms with Crippen molar-refractivity contribution in [2.45, 2.75) is 116 Å². The van der Waals surface area contributed by atoms with Crippen molar-refractivity contribution in [1.29, 1.82) is 0 Å². The summed E-state index contributed by atoms with van der Waals surface area (Å²) < 4.78 is 6.06. The maximum Gasteiger partial charge on any atom is 0.303 e. The fourth-order valence-electron chi connectivity index (χ4n) is 5.74. The molecule has 0 aliphatic carbocycles. The summed E-state index contributed by atoms with van der Waals surface area (Å²) in [7, 11) is 1.86. The standard InChI is InChI=1S/C37H50ClN5O6/c1-41-27-29(26-39-41)31-28-43-36(37(38)40-31)30(20-14-8-2-4-10-16-22-33(44)45)32(21-15-9-3-5-11-17-23-34(46)47)42(43)25-19-13-7-6-12-18-24-35(48)49/h8-9,13-15,19,26-28H,2-7,10-12,16-18,20-25H2,1H3,(H2-,44,45,46,47,48,49)/p+1. The number of aromatic nitrogens is 5. The molecule has 3 rings (SSSR count). The second-order valence-corrected chi connectivity index (χ2v) is 12.7. The average molecular weight is 697 g/mol. The molecule has 3 aromatic heterocycles. The lowest BCUT2D eigenvalue weighted by Crippen LogP contribution is -2.34. The van der Waals surface area contributed by atoms with Crippen molar-refractivity contribution in [3.05, 3.63) is 71.5 Å². The number of aryl methyl sites for hydroxylation is 1. The fourth-order valence-corrected chi connectivity index (χ4v) is 6.03. The van der Waals surface area contributed by atoms with Gasteiger partial charge in [0.25, 0.3) is 5.52 Å². The van der Waals surface area contributed by atoms with Crippen molar-refractivity contribution in [2.75, 3.05) is 0 Å². The molecule has 0 saturated heterocycles. The van der Waals surface area contributed by atoms with Crippen LogP contribution in [0.1, 0.15) is 108 Å². The summed E-state index contributed by atoms with van der Waals surface area (Å²) in [5.74, 6) is -2.27. The van der Waals surface area contributed by atoms with Gasteiger partial charge >= 0.3 is 17.9 Å². The van der Waals surface area contributed by atoms with Crippen LogP contribution in [0.4, 0.5) is 0 Å². The van der Waals surface area contributed by atoms with E-state index in [0.29, 0.717) is 49.5 Å². The molecule has 3 heterocycles. The smallest absolute Gasteiger partial charge is 0.303 e. The SMILES string of the molecule is Cn1cc(-c2c[n+]3c(c(Cl)n2)c(CC=CCCCCCC(=O)O)c(CC=CCCCCCC(=O)O)n3CC=CCCCCCC(=O)O)cn1. The molecule has 3 N–H and O–H groups in total. The number of carboxylic acid groups (broad SMARTS) is 3. The molecule has 0 unspecified atom stereocenters. The first kappa shape index (κ1) is 39.2. The molecule has 11 nitrogen and oxygen atoms in total. The highest BCUT2D eigenvalue weighted by molar-refractivity contribution is 6.32. The Balaban J connectivity index is 1.89. The predicted octanol–water partition coefficient (Wildman–Crippen LogP) is 7.53. The maximum absolute atomic E-state index is 10.8. The molecule has 0 atom stereocenters. The molecular weight excluding hydrogens is 646 g/mol. The Hall–Kier alpha value is -4.25. The summed E-state index contributed by atoms with van der Waals surface area (Å²) in [4.78, 5) is 37.2. The lowest BCUT2D eigenvalue weighted by atomic mass is 10.1. The average Bonchev–Trinajstić information content (AvgIpc) is 3.61. The largest absolute Gasteiger partial charge is 0.481 e. The van der Waals surface area contributed by atoms with Gasteiger partial charge in [-0.2, -0.15) is 5.10 Å². The number of allylic oxidation sites excluding steroid dienone is 6. The zero-order chi connectivity index (χ0) is 35.4. The van der Waals surface area contributed by atoms with Crippen LogP contribution in [0.2, 0.25) is 5.15 Å². The Morgan fingerprint density at radius 3 is 1.80 bits per heavy atom.